The van der Waals surface area contributed by atoms with Crippen molar-refractivity contribution in [3.8, 4) is 0 Å². The van der Waals surface area contributed by atoms with Crippen molar-refractivity contribution in [2.75, 3.05) is 18.0 Å². The third kappa shape index (κ3) is 6.66. The molecule has 0 aromatic rings. The maximum absolute atomic E-state index is 7.27. The quantitative estimate of drug-likeness (QED) is 0.616. The molecule has 0 saturated heterocycles. The molecule has 0 heterocycles. The Morgan fingerprint density at radius 3 is 2.88 bits per heavy atom. The van der Waals surface area contributed by atoms with Gasteiger partial charge in [-0.2, -0.15) is 0 Å². The van der Waals surface area contributed by atoms with E-state index in [1.54, 1.807) is 0 Å². The second-order valence-electron chi connectivity index (χ2n) is 0.945. The molecule has 3 heteroatoms. The average Bonchev–Trinajstić information content (AvgIpc) is 1.80. The minimum absolute atomic E-state index is 0.0905. The highest BCUT2D eigenvalue weighted by Crippen LogP contribution is 2.20. The molecule has 0 bridgehead atoms. The molecule has 0 aromatic carbocycles. The monoisotopic (exact) mass is 157 g/mol. The molecule has 0 unspecified atom stereocenters. The second-order valence-corrected chi connectivity index (χ2v) is 3.05. The van der Waals surface area contributed by atoms with Crippen molar-refractivity contribution < 1.29 is 8.22 Å². The van der Waals surface area contributed by atoms with Crippen molar-refractivity contribution in [3.05, 3.63) is 0 Å². The van der Waals surface area contributed by atoms with Crippen LogP contribution in [0.15, 0.2) is 0 Å². The highest BCUT2D eigenvalue weighted by molar-refractivity contribution is 8.76. The largest absolute Gasteiger partial charge is 0.330 e. The van der Waals surface area contributed by atoms with Gasteiger partial charge in [-0.15, -0.1) is 0 Å². The van der Waals surface area contributed by atoms with Crippen molar-refractivity contribution in [1.82, 2.24) is 0 Å². The fraction of sp³-hybridized carbons (Fsp3) is 1.00. The molecular weight excluding hydrogens is 138 g/mol. The summed E-state index contributed by atoms with van der Waals surface area (Å²) in [5.41, 5.74) is 2.77. The predicted octanol–water partition coefficient (Wildman–Crippen LogP) is 1.74. The number of nitrogens with two attached hydrogens (primary N) is 1. The third-order valence-corrected chi connectivity index (χ3v) is 2.05. The normalized spacial score (nSPS) is 26.2. The lowest BCUT2D eigenvalue weighted by Crippen LogP contribution is -1.99. The van der Waals surface area contributed by atoms with Gasteiger partial charge < -0.3 is 5.73 Å². The molecule has 50 valence electrons. The molecule has 0 aliphatic rings. The zero-order valence-electron chi connectivity index (χ0n) is 10.6. The molecule has 0 radical (unpaired) electrons. The smallest absolute Gasteiger partial charge is 0.0434 e. The molecule has 0 atom stereocenters. The van der Waals surface area contributed by atoms with E-state index in [0.717, 1.165) is 10.8 Å². The zero-order valence-corrected chi connectivity index (χ0v) is 6.23. The van der Waals surface area contributed by atoms with Gasteiger partial charge in [0.25, 0.3) is 0 Å². The lowest BCUT2D eigenvalue weighted by atomic mass is 10.6. The molecular formula is C5H13NS2. The first-order valence-electron chi connectivity index (χ1n) is 5.05. The summed E-state index contributed by atoms with van der Waals surface area (Å²) in [5, 5.41) is 0. The summed E-state index contributed by atoms with van der Waals surface area (Å²) >= 11 is 0. The Kier molecular flexibility index (Phi) is 2.61. The van der Waals surface area contributed by atoms with Crippen LogP contribution in [0.3, 0.4) is 0 Å². The average molecular weight is 157 g/mol. The Balaban J connectivity index is 4.02. The summed E-state index contributed by atoms with van der Waals surface area (Å²) in [6.45, 7) is -1.04. The minimum atomic E-state index is -2.43. The third-order valence-electron chi connectivity index (χ3n) is 0.363. The summed E-state index contributed by atoms with van der Waals surface area (Å²) in [7, 11) is 1.56. The first-order chi connectivity index (χ1) is 5.96. The highest BCUT2D eigenvalue weighted by Gasteiger charge is 1.83. The van der Waals surface area contributed by atoms with E-state index in [2.05, 4.69) is 0 Å². The molecule has 0 saturated carbocycles. The lowest BCUT2D eigenvalue weighted by molar-refractivity contribution is 1.11. The molecule has 0 spiro atoms. The maximum Gasteiger partial charge on any atom is 0.0434 e. The molecule has 2 N–H and O–H groups in total. The second kappa shape index (κ2) is 7.66. The topological polar surface area (TPSA) is 26.0 Å². The van der Waals surface area contributed by atoms with E-state index in [1.807, 2.05) is 0 Å². The Bertz CT molecular complexity index is 186. The van der Waals surface area contributed by atoms with Gasteiger partial charge >= 0.3 is 0 Å². The van der Waals surface area contributed by atoms with Crippen LogP contribution in [0.25, 0.3) is 0 Å². The van der Waals surface area contributed by atoms with Gasteiger partial charge in [-0.25, -0.2) is 0 Å². The van der Waals surface area contributed by atoms with Crippen LogP contribution >= 0.6 is 21.6 Å². The van der Waals surface area contributed by atoms with Gasteiger partial charge in [0, 0.05) is 26.2 Å². The van der Waals surface area contributed by atoms with Gasteiger partial charge in [0.2, 0.25) is 0 Å². The van der Waals surface area contributed by atoms with Gasteiger partial charge in [-0.1, -0.05) is 28.5 Å². The Hall–Kier alpha value is 0.660. The van der Waals surface area contributed by atoms with Gasteiger partial charge in [0.05, 0.1) is 0 Å². The Morgan fingerprint density at radius 1 is 1.62 bits per heavy atom. The van der Waals surface area contributed by atoms with Gasteiger partial charge in [-0.3, -0.25) is 0 Å². The van der Waals surface area contributed by atoms with Crippen molar-refractivity contribution in [2.24, 2.45) is 5.73 Å². The van der Waals surface area contributed by atoms with Crippen LogP contribution in [0, 0.1) is 0 Å². The van der Waals surface area contributed by atoms with Crippen LogP contribution in [0.5, 0.6) is 0 Å². The van der Waals surface area contributed by atoms with Crippen LogP contribution in [-0.4, -0.2) is 18.0 Å². The van der Waals surface area contributed by atoms with Gasteiger partial charge in [-0.05, 0) is 6.37 Å². The highest BCUT2D eigenvalue weighted by atomic mass is 33.1. The predicted molar refractivity (Wildman–Crippen MR) is 44.3 cm³/mol. The van der Waals surface area contributed by atoms with Crippen LogP contribution in [0.2, 0.25) is 0 Å². The van der Waals surface area contributed by atoms with E-state index in [1.165, 1.54) is 6.92 Å². The summed E-state index contributed by atoms with van der Waals surface area (Å²) < 4.78 is 42.9. The number of hydrogen-bond acceptors (Lipinski definition) is 3. The number of hydrogen-bond donors (Lipinski definition) is 1. The Labute approximate surface area is 67.6 Å². The maximum atomic E-state index is 7.27. The Morgan fingerprint density at radius 2 is 2.38 bits per heavy atom. The molecule has 8 heavy (non-hydrogen) atoms. The van der Waals surface area contributed by atoms with E-state index in [0.29, 0.717) is 10.8 Å². The van der Waals surface area contributed by atoms with Crippen LogP contribution in [0.4, 0.5) is 0 Å². The fourth-order valence-corrected chi connectivity index (χ4v) is 1.28. The molecule has 0 aliphatic heterocycles. The molecule has 0 amide bonds. The standard InChI is InChI=1S/C5H13NS2/c1-2-4-7-8-5-3-6/h2-6H2,1H3/i2D2,3D2,5D2. The fourth-order valence-electron chi connectivity index (χ4n) is 0.142. The summed E-state index contributed by atoms with van der Waals surface area (Å²) in [4.78, 5) is 0. The lowest BCUT2D eigenvalue weighted by Gasteiger charge is -1.93. The first kappa shape index (κ1) is 2.72. The van der Waals surface area contributed by atoms with E-state index in [-0.39, 0.29) is 5.75 Å². The van der Waals surface area contributed by atoms with Crippen molar-refractivity contribution in [1.29, 1.82) is 0 Å². The SMILES string of the molecule is [2H]C([2H])(C)CSSC([2H])([2H])C([2H])([2H])N. The van der Waals surface area contributed by atoms with Crippen molar-refractivity contribution in [2.45, 2.75) is 13.3 Å². The summed E-state index contributed by atoms with van der Waals surface area (Å²) in [6, 6.07) is 0. The van der Waals surface area contributed by atoms with Crippen molar-refractivity contribution >= 4 is 21.6 Å². The first-order valence-corrected chi connectivity index (χ1v) is 4.37. The summed E-state index contributed by atoms with van der Waals surface area (Å²) in [6.07, 6.45) is -1.39. The van der Waals surface area contributed by atoms with Crippen LogP contribution in [0.1, 0.15) is 21.5 Å². The van der Waals surface area contributed by atoms with E-state index in [4.69, 9.17) is 14.0 Å². The molecule has 0 rings (SSSR count). The zero-order chi connectivity index (χ0) is 11.6. The molecule has 1 nitrogen and oxygen atoms in total. The van der Waals surface area contributed by atoms with E-state index < -0.39 is 18.6 Å². The molecule has 0 fully saturated rings. The molecule has 0 aromatic heterocycles. The van der Waals surface area contributed by atoms with E-state index >= 15 is 0 Å². The van der Waals surface area contributed by atoms with Gasteiger partial charge in [0.15, 0.2) is 0 Å². The van der Waals surface area contributed by atoms with Gasteiger partial charge in [0.1, 0.15) is 0 Å². The minimum Gasteiger partial charge on any atom is -0.330 e. The van der Waals surface area contributed by atoms with E-state index in [9.17, 15) is 0 Å². The number of rotatable bonds is 5. The summed E-state index contributed by atoms with van der Waals surface area (Å²) in [5.74, 6) is 0.0905. The van der Waals surface area contributed by atoms with Crippen LogP contribution < -0.4 is 5.73 Å². The van der Waals surface area contributed by atoms with Crippen molar-refractivity contribution in [3.63, 3.8) is 0 Å². The van der Waals surface area contributed by atoms with Crippen LogP contribution in [-0.2, 0) is 0 Å². The molecule has 0 aliphatic carbocycles.